The maximum absolute atomic E-state index is 12.1. The number of benzene rings is 2. The summed E-state index contributed by atoms with van der Waals surface area (Å²) in [4.78, 5) is 12.1. The summed E-state index contributed by atoms with van der Waals surface area (Å²) < 4.78 is 16.5. The predicted molar refractivity (Wildman–Crippen MR) is 92.4 cm³/mol. The average molecular weight is 348 g/mol. The summed E-state index contributed by atoms with van der Waals surface area (Å²) in [5.74, 6) is 1.52. The standard InChI is InChI=1S/C18H18ClNO4/c1-2-12-4-3-5-13(8-12)24-11-18(21)20-15-10-17-16(9-14(15)19)22-6-7-23-17/h3-5,8-10H,2,6-7,11H2,1H3,(H,20,21). The van der Waals surface area contributed by atoms with Crippen molar-refractivity contribution in [3.8, 4) is 17.2 Å². The Kier molecular flexibility index (Phi) is 5.11. The fourth-order valence-electron chi connectivity index (χ4n) is 2.35. The zero-order chi connectivity index (χ0) is 16.9. The third kappa shape index (κ3) is 3.92. The van der Waals surface area contributed by atoms with Crippen LogP contribution in [-0.2, 0) is 11.2 Å². The molecule has 0 bridgehead atoms. The lowest BCUT2D eigenvalue weighted by Crippen LogP contribution is -2.21. The lowest BCUT2D eigenvalue weighted by molar-refractivity contribution is -0.118. The summed E-state index contributed by atoms with van der Waals surface area (Å²) in [5, 5.41) is 3.12. The summed E-state index contributed by atoms with van der Waals surface area (Å²) >= 11 is 6.17. The lowest BCUT2D eigenvalue weighted by Gasteiger charge is -2.20. The van der Waals surface area contributed by atoms with Crippen LogP contribution in [0.1, 0.15) is 12.5 Å². The zero-order valence-electron chi connectivity index (χ0n) is 13.3. The Morgan fingerprint density at radius 1 is 1.21 bits per heavy atom. The quantitative estimate of drug-likeness (QED) is 0.896. The van der Waals surface area contributed by atoms with E-state index in [2.05, 4.69) is 12.2 Å². The van der Waals surface area contributed by atoms with Gasteiger partial charge in [-0.2, -0.15) is 0 Å². The Labute approximate surface area is 145 Å². The Morgan fingerprint density at radius 2 is 1.96 bits per heavy atom. The topological polar surface area (TPSA) is 56.8 Å². The third-order valence-corrected chi connectivity index (χ3v) is 3.90. The van der Waals surface area contributed by atoms with Gasteiger partial charge >= 0.3 is 0 Å². The van der Waals surface area contributed by atoms with Gasteiger partial charge in [0.1, 0.15) is 19.0 Å². The highest BCUT2D eigenvalue weighted by Crippen LogP contribution is 2.37. The van der Waals surface area contributed by atoms with Crippen molar-refractivity contribution in [2.24, 2.45) is 0 Å². The number of carbonyl (C=O) groups excluding carboxylic acids is 1. The summed E-state index contributed by atoms with van der Waals surface area (Å²) in [5.41, 5.74) is 1.62. The number of amides is 1. The molecule has 0 saturated heterocycles. The van der Waals surface area contributed by atoms with Crippen LogP contribution in [0.25, 0.3) is 0 Å². The van der Waals surface area contributed by atoms with E-state index in [1.165, 1.54) is 0 Å². The second-order valence-electron chi connectivity index (χ2n) is 5.31. The van der Waals surface area contributed by atoms with Crippen LogP contribution in [0.2, 0.25) is 5.02 Å². The van der Waals surface area contributed by atoms with Gasteiger partial charge < -0.3 is 19.5 Å². The Morgan fingerprint density at radius 3 is 2.71 bits per heavy atom. The van der Waals surface area contributed by atoms with E-state index in [1.54, 1.807) is 12.1 Å². The van der Waals surface area contributed by atoms with E-state index in [0.717, 1.165) is 12.0 Å². The SMILES string of the molecule is CCc1cccc(OCC(=O)Nc2cc3c(cc2Cl)OCCO3)c1. The smallest absolute Gasteiger partial charge is 0.262 e. The van der Waals surface area contributed by atoms with Crippen molar-refractivity contribution in [2.75, 3.05) is 25.1 Å². The van der Waals surface area contributed by atoms with Gasteiger partial charge in [-0.25, -0.2) is 0 Å². The fraction of sp³-hybridized carbons (Fsp3) is 0.278. The van der Waals surface area contributed by atoms with Crippen LogP contribution in [0.3, 0.4) is 0 Å². The van der Waals surface area contributed by atoms with Crippen LogP contribution in [0.15, 0.2) is 36.4 Å². The number of halogens is 1. The summed E-state index contributed by atoms with van der Waals surface area (Å²) in [7, 11) is 0. The molecule has 6 heteroatoms. The monoisotopic (exact) mass is 347 g/mol. The van der Waals surface area contributed by atoms with Crippen molar-refractivity contribution in [3.63, 3.8) is 0 Å². The third-order valence-electron chi connectivity index (χ3n) is 3.58. The van der Waals surface area contributed by atoms with E-state index < -0.39 is 0 Å². The van der Waals surface area contributed by atoms with Crippen molar-refractivity contribution in [1.29, 1.82) is 0 Å². The second-order valence-corrected chi connectivity index (χ2v) is 5.72. The normalized spacial score (nSPS) is 12.6. The van der Waals surface area contributed by atoms with Crippen LogP contribution in [0.4, 0.5) is 5.69 Å². The Balaban J connectivity index is 1.62. The number of fused-ring (bicyclic) bond motifs is 1. The highest BCUT2D eigenvalue weighted by Gasteiger charge is 2.16. The molecule has 0 saturated carbocycles. The molecule has 2 aromatic rings. The molecule has 0 radical (unpaired) electrons. The fourth-order valence-corrected chi connectivity index (χ4v) is 2.55. The van der Waals surface area contributed by atoms with Crippen molar-refractivity contribution < 1.29 is 19.0 Å². The number of hydrogen-bond donors (Lipinski definition) is 1. The molecule has 1 heterocycles. The van der Waals surface area contributed by atoms with Gasteiger partial charge in [0.25, 0.3) is 5.91 Å². The minimum atomic E-state index is -0.296. The van der Waals surface area contributed by atoms with Crippen molar-refractivity contribution in [1.82, 2.24) is 0 Å². The largest absolute Gasteiger partial charge is 0.486 e. The highest BCUT2D eigenvalue weighted by molar-refractivity contribution is 6.34. The summed E-state index contributed by atoms with van der Waals surface area (Å²) in [6, 6.07) is 11.0. The molecule has 1 N–H and O–H groups in total. The molecule has 0 spiro atoms. The molecule has 1 aliphatic rings. The molecule has 0 fully saturated rings. The molecule has 24 heavy (non-hydrogen) atoms. The van der Waals surface area contributed by atoms with Crippen molar-refractivity contribution in [2.45, 2.75) is 13.3 Å². The predicted octanol–water partition coefficient (Wildman–Crippen LogP) is 3.69. The van der Waals surface area contributed by atoms with Crippen molar-refractivity contribution >= 4 is 23.2 Å². The summed E-state index contributed by atoms with van der Waals surface area (Å²) in [6.45, 7) is 2.92. The van der Waals surface area contributed by atoms with Gasteiger partial charge in [-0.15, -0.1) is 0 Å². The molecule has 1 amide bonds. The van der Waals surface area contributed by atoms with Gasteiger partial charge in [-0.05, 0) is 24.1 Å². The van der Waals surface area contributed by atoms with E-state index in [-0.39, 0.29) is 12.5 Å². The molecule has 126 valence electrons. The molecular weight excluding hydrogens is 330 g/mol. The first-order valence-electron chi connectivity index (χ1n) is 7.76. The molecule has 0 aliphatic carbocycles. The first kappa shape index (κ1) is 16.5. The highest BCUT2D eigenvalue weighted by atomic mass is 35.5. The van der Waals surface area contributed by atoms with E-state index in [0.29, 0.717) is 41.2 Å². The van der Waals surface area contributed by atoms with Crippen LogP contribution < -0.4 is 19.5 Å². The van der Waals surface area contributed by atoms with Crippen LogP contribution >= 0.6 is 11.6 Å². The number of anilines is 1. The van der Waals surface area contributed by atoms with Gasteiger partial charge in [0.2, 0.25) is 0 Å². The van der Waals surface area contributed by atoms with E-state index in [9.17, 15) is 4.79 Å². The van der Waals surface area contributed by atoms with Gasteiger partial charge in [0.15, 0.2) is 18.1 Å². The number of ether oxygens (including phenoxy) is 3. The number of aryl methyl sites for hydroxylation is 1. The maximum atomic E-state index is 12.1. The minimum Gasteiger partial charge on any atom is -0.486 e. The Bertz CT molecular complexity index is 748. The van der Waals surface area contributed by atoms with Crippen LogP contribution in [0, 0.1) is 0 Å². The average Bonchev–Trinajstić information content (AvgIpc) is 2.61. The van der Waals surface area contributed by atoms with Crippen molar-refractivity contribution in [3.05, 3.63) is 47.0 Å². The number of hydrogen-bond acceptors (Lipinski definition) is 4. The lowest BCUT2D eigenvalue weighted by atomic mass is 10.2. The summed E-state index contributed by atoms with van der Waals surface area (Å²) in [6.07, 6.45) is 0.913. The van der Waals surface area contributed by atoms with Gasteiger partial charge in [0, 0.05) is 12.1 Å². The molecular formula is C18H18ClNO4. The van der Waals surface area contributed by atoms with Gasteiger partial charge in [-0.3, -0.25) is 4.79 Å². The molecule has 5 nitrogen and oxygen atoms in total. The first-order chi connectivity index (χ1) is 11.7. The van der Waals surface area contributed by atoms with E-state index >= 15 is 0 Å². The molecule has 3 rings (SSSR count). The number of nitrogens with one attached hydrogen (secondary N) is 1. The first-order valence-corrected chi connectivity index (χ1v) is 8.14. The van der Waals surface area contributed by atoms with Crippen LogP contribution in [0.5, 0.6) is 17.2 Å². The van der Waals surface area contributed by atoms with Gasteiger partial charge in [-0.1, -0.05) is 30.7 Å². The van der Waals surface area contributed by atoms with Crippen LogP contribution in [-0.4, -0.2) is 25.7 Å². The van der Waals surface area contributed by atoms with E-state index in [1.807, 2.05) is 24.3 Å². The second kappa shape index (κ2) is 7.45. The molecule has 0 unspecified atom stereocenters. The minimum absolute atomic E-state index is 0.0993. The number of carbonyl (C=O) groups is 1. The molecule has 2 aromatic carbocycles. The molecule has 0 atom stereocenters. The van der Waals surface area contributed by atoms with E-state index in [4.69, 9.17) is 25.8 Å². The molecule has 1 aliphatic heterocycles. The zero-order valence-corrected chi connectivity index (χ0v) is 14.1. The maximum Gasteiger partial charge on any atom is 0.262 e. The number of rotatable bonds is 5. The Hall–Kier alpha value is -2.40. The van der Waals surface area contributed by atoms with Gasteiger partial charge in [0.05, 0.1) is 10.7 Å². The molecule has 0 aromatic heterocycles.